The van der Waals surface area contributed by atoms with Crippen molar-refractivity contribution in [3.05, 3.63) is 58.6 Å². The molecule has 0 aliphatic heterocycles. The third-order valence-electron chi connectivity index (χ3n) is 3.41. The third kappa shape index (κ3) is 2.42. The van der Waals surface area contributed by atoms with Crippen LogP contribution in [0, 0.1) is 0 Å². The zero-order valence-electron chi connectivity index (χ0n) is 11.9. The fourth-order valence-corrected chi connectivity index (χ4v) is 3.26. The maximum atomic E-state index is 12.6. The molecule has 3 rings (SSSR count). The topological polar surface area (TPSA) is 26.3 Å². The fraction of sp³-hybridized carbons (Fsp3) is 0.167. The summed E-state index contributed by atoms with van der Waals surface area (Å²) >= 11 is 3.66. The van der Waals surface area contributed by atoms with Crippen molar-refractivity contribution in [2.75, 3.05) is 0 Å². The van der Waals surface area contributed by atoms with E-state index in [1.807, 2.05) is 62.4 Å². The van der Waals surface area contributed by atoms with Crippen LogP contribution in [0.4, 0.5) is 0 Å². The molecule has 2 nitrogen and oxygen atoms in total. The number of fused-ring (bicyclic) bond motifs is 2. The predicted molar refractivity (Wildman–Crippen MR) is 89.7 cm³/mol. The molecule has 3 heteroatoms. The Bertz CT molecular complexity index is 780. The molecule has 0 N–H and O–H groups in total. The van der Waals surface area contributed by atoms with Crippen LogP contribution < -0.4 is 0 Å². The van der Waals surface area contributed by atoms with Gasteiger partial charge in [0.1, 0.15) is 0 Å². The lowest BCUT2D eigenvalue weighted by Crippen LogP contribution is -2.12. The Labute approximate surface area is 131 Å². The first-order chi connectivity index (χ1) is 10.1. The van der Waals surface area contributed by atoms with E-state index in [1.54, 1.807) is 0 Å². The molecule has 0 radical (unpaired) electrons. The van der Waals surface area contributed by atoms with Crippen LogP contribution in [0.25, 0.3) is 21.5 Å². The van der Waals surface area contributed by atoms with E-state index in [1.165, 1.54) is 0 Å². The highest BCUT2D eigenvalue weighted by molar-refractivity contribution is 9.10. The number of hydrogen-bond acceptors (Lipinski definition) is 2. The number of carbonyl (C=O) groups is 1. The molecule has 3 aromatic carbocycles. The lowest BCUT2D eigenvalue weighted by Gasteiger charge is -2.14. The van der Waals surface area contributed by atoms with E-state index in [0.717, 1.165) is 26.0 Å². The lowest BCUT2D eigenvalue weighted by atomic mass is 9.97. The zero-order valence-corrected chi connectivity index (χ0v) is 13.5. The average Bonchev–Trinajstić information content (AvgIpc) is 2.47. The third-order valence-corrected chi connectivity index (χ3v) is 4.27. The van der Waals surface area contributed by atoms with Crippen LogP contribution in [-0.4, -0.2) is 12.1 Å². The smallest absolute Gasteiger partial charge is 0.339 e. The van der Waals surface area contributed by atoms with Crippen molar-refractivity contribution >= 4 is 43.4 Å². The number of rotatable bonds is 2. The Morgan fingerprint density at radius 1 is 0.905 bits per heavy atom. The Hall–Kier alpha value is -1.87. The number of esters is 1. The van der Waals surface area contributed by atoms with Crippen molar-refractivity contribution < 1.29 is 9.53 Å². The predicted octanol–water partition coefficient (Wildman–Crippen LogP) is 5.32. The van der Waals surface area contributed by atoms with Crippen LogP contribution in [-0.2, 0) is 4.74 Å². The van der Waals surface area contributed by atoms with Crippen LogP contribution >= 0.6 is 15.9 Å². The first kappa shape index (κ1) is 14.1. The highest BCUT2D eigenvalue weighted by atomic mass is 79.9. The summed E-state index contributed by atoms with van der Waals surface area (Å²) in [7, 11) is 0. The first-order valence-corrected chi connectivity index (χ1v) is 7.69. The molecule has 0 bridgehead atoms. The summed E-state index contributed by atoms with van der Waals surface area (Å²) in [6.07, 6.45) is -0.140. The molecule has 0 heterocycles. The van der Waals surface area contributed by atoms with Gasteiger partial charge in [0.15, 0.2) is 0 Å². The molecule has 0 amide bonds. The molecule has 0 spiro atoms. The molecule has 21 heavy (non-hydrogen) atoms. The summed E-state index contributed by atoms with van der Waals surface area (Å²) in [4.78, 5) is 12.6. The van der Waals surface area contributed by atoms with Gasteiger partial charge in [0, 0.05) is 4.47 Å². The second-order valence-electron chi connectivity index (χ2n) is 5.23. The number of hydrogen-bond donors (Lipinski definition) is 0. The fourth-order valence-electron chi connectivity index (χ4n) is 2.57. The molecule has 3 aromatic rings. The second kappa shape index (κ2) is 5.49. The molecule has 0 aromatic heterocycles. The monoisotopic (exact) mass is 342 g/mol. The molecule has 0 aliphatic carbocycles. The van der Waals surface area contributed by atoms with Gasteiger partial charge in [-0.05, 0) is 51.3 Å². The van der Waals surface area contributed by atoms with Gasteiger partial charge in [0.05, 0.1) is 11.7 Å². The van der Waals surface area contributed by atoms with E-state index in [0.29, 0.717) is 5.56 Å². The zero-order chi connectivity index (χ0) is 15.0. The quantitative estimate of drug-likeness (QED) is 0.465. The number of ether oxygens (including phenoxy) is 1. The van der Waals surface area contributed by atoms with Crippen molar-refractivity contribution in [2.45, 2.75) is 20.0 Å². The largest absolute Gasteiger partial charge is 0.459 e. The first-order valence-electron chi connectivity index (χ1n) is 6.89. The van der Waals surface area contributed by atoms with E-state index in [-0.39, 0.29) is 12.1 Å². The van der Waals surface area contributed by atoms with E-state index < -0.39 is 0 Å². The standard InChI is InChI=1S/C18H15BrO2/c1-11(2)21-18(20)16-12-7-3-5-9-14(12)17(19)15-10-6-4-8-13(15)16/h3-11H,1-2H3. The van der Waals surface area contributed by atoms with Gasteiger partial charge >= 0.3 is 5.97 Å². The summed E-state index contributed by atoms with van der Waals surface area (Å²) in [5.41, 5.74) is 0.637. The molecular formula is C18H15BrO2. The van der Waals surface area contributed by atoms with E-state index >= 15 is 0 Å². The maximum absolute atomic E-state index is 12.6. The summed E-state index contributed by atoms with van der Waals surface area (Å²) in [6.45, 7) is 3.72. The minimum absolute atomic E-state index is 0.140. The lowest BCUT2D eigenvalue weighted by molar-refractivity contribution is 0.0382. The van der Waals surface area contributed by atoms with Crippen LogP contribution in [0.1, 0.15) is 24.2 Å². The Kier molecular flexibility index (Phi) is 3.68. The highest BCUT2D eigenvalue weighted by Crippen LogP contribution is 2.36. The van der Waals surface area contributed by atoms with Gasteiger partial charge in [-0.15, -0.1) is 0 Å². The molecule has 0 saturated heterocycles. The highest BCUT2D eigenvalue weighted by Gasteiger charge is 2.19. The normalized spacial score (nSPS) is 11.2. The molecule has 0 unspecified atom stereocenters. The Morgan fingerprint density at radius 3 is 1.76 bits per heavy atom. The van der Waals surface area contributed by atoms with E-state index in [9.17, 15) is 4.79 Å². The van der Waals surface area contributed by atoms with Gasteiger partial charge < -0.3 is 4.74 Å². The molecule has 0 atom stereocenters. The van der Waals surface area contributed by atoms with Crippen molar-refractivity contribution in [1.82, 2.24) is 0 Å². The number of benzene rings is 3. The molecular weight excluding hydrogens is 328 g/mol. The van der Waals surface area contributed by atoms with Crippen molar-refractivity contribution in [1.29, 1.82) is 0 Å². The van der Waals surface area contributed by atoms with Crippen LogP contribution in [0.2, 0.25) is 0 Å². The molecule has 0 saturated carbocycles. The summed E-state index contributed by atoms with van der Waals surface area (Å²) < 4.78 is 6.45. The van der Waals surface area contributed by atoms with E-state index in [2.05, 4.69) is 15.9 Å². The van der Waals surface area contributed by atoms with Gasteiger partial charge in [0.25, 0.3) is 0 Å². The van der Waals surface area contributed by atoms with Crippen LogP contribution in [0.15, 0.2) is 53.0 Å². The molecule has 0 aliphatic rings. The number of carbonyl (C=O) groups excluding carboxylic acids is 1. The van der Waals surface area contributed by atoms with Crippen molar-refractivity contribution in [2.24, 2.45) is 0 Å². The minimum Gasteiger partial charge on any atom is -0.459 e. The minimum atomic E-state index is -0.273. The SMILES string of the molecule is CC(C)OC(=O)c1c2ccccc2c(Br)c2ccccc12. The summed E-state index contributed by atoms with van der Waals surface area (Å²) in [5, 5.41) is 3.86. The molecule has 106 valence electrons. The summed E-state index contributed by atoms with van der Waals surface area (Å²) in [6, 6.07) is 15.8. The summed E-state index contributed by atoms with van der Waals surface area (Å²) in [5.74, 6) is -0.273. The Morgan fingerprint density at radius 2 is 1.33 bits per heavy atom. The number of halogens is 1. The van der Waals surface area contributed by atoms with Crippen LogP contribution in [0.3, 0.4) is 0 Å². The molecule has 0 fully saturated rings. The van der Waals surface area contributed by atoms with Gasteiger partial charge in [0.2, 0.25) is 0 Å². The van der Waals surface area contributed by atoms with Gasteiger partial charge in [-0.2, -0.15) is 0 Å². The van der Waals surface area contributed by atoms with Crippen molar-refractivity contribution in [3.63, 3.8) is 0 Å². The van der Waals surface area contributed by atoms with E-state index in [4.69, 9.17) is 4.74 Å². The van der Waals surface area contributed by atoms with Gasteiger partial charge in [-0.25, -0.2) is 4.79 Å². The van der Waals surface area contributed by atoms with Gasteiger partial charge in [-0.1, -0.05) is 48.5 Å². The second-order valence-corrected chi connectivity index (χ2v) is 6.03. The maximum Gasteiger partial charge on any atom is 0.339 e. The van der Waals surface area contributed by atoms with Gasteiger partial charge in [-0.3, -0.25) is 0 Å². The van der Waals surface area contributed by atoms with Crippen LogP contribution in [0.5, 0.6) is 0 Å². The van der Waals surface area contributed by atoms with Crippen molar-refractivity contribution in [3.8, 4) is 0 Å². The Balaban J connectivity index is 2.43. The average molecular weight is 343 g/mol.